The number of benzene rings is 3. The van der Waals surface area contributed by atoms with Crippen molar-refractivity contribution in [1.82, 2.24) is 10.1 Å². The molecule has 1 fully saturated rings. The fourth-order valence-electron chi connectivity index (χ4n) is 6.56. The maximum atomic E-state index is 13.9. The van der Waals surface area contributed by atoms with Crippen molar-refractivity contribution in [3.8, 4) is 11.1 Å². The van der Waals surface area contributed by atoms with E-state index in [0.717, 1.165) is 56.3 Å². The minimum Gasteiger partial charge on any atom is -0.337 e. The number of carbonyl (C=O) groups excluding carboxylic acids is 2. The quantitative estimate of drug-likeness (QED) is 0.179. The van der Waals surface area contributed by atoms with Gasteiger partial charge in [-0.3, -0.25) is 19.5 Å². The maximum Gasteiger partial charge on any atom is 0.264 e. The number of aryl methyl sites for hydroxylation is 1. The number of hydrogen-bond donors (Lipinski definition) is 1. The van der Waals surface area contributed by atoms with Gasteiger partial charge in [-0.25, -0.2) is 13.1 Å². The predicted molar refractivity (Wildman–Crippen MR) is 187 cm³/mol. The van der Waals surface area contributed by atoms with E-state index in [1.165, 1.54) is 11.0 Å². The number of aromatic nitrogens is 1. The number of nitrogens with one attached hydrogen (secondary N) is 1. The van der Waals surface area contributed by atoms with Crippen molar-refractivity contribution < 1.29 is 22.5 Å². The first-order valence-corrected chi connectivity index (χ1v) is 17.9. The van der Waals surface area contributed by atoms with Gasteiger partial charge in [-0.05, 0) is 62.9 Å². The number of sulfonamides is 1. The number of nitrogens with zero attached hydrogens (tertiary/aromatic N) is 4. The van der Waals surface area contributed by atoms with Gasteiger partial charge in [0.1, 0.15) is 11.4 Å². The Morgan fingerprint density at radius 1 is 1.00 bits per heavy atom. The summed E-state index contributed by atoms with van der Waals surface area (Å²) in [5.74, 6) is 0.659. The summed E-state index contributed by atoms with van der Waals surface area (Å²) in [5.41, 5.74) is 3.25. The molecule has 250 valence electrons. The van der Waals surface area contributed by atoms with Crippen LogP contribution in [0.2, 0.25) is 0 Å². The SMILES string of the molecule is CCCCC1=NC2(CCCC2)C(=O)N1Cc1ccc(-c2ccccc2S(=O)(=O)Nc2onc(C)c2C)c(N(C)C(=O)c2ccccc2)c1. The standard InChI is InChI=1S/C37H41N5O5S/c1-5-6-18-33-38-37(21-12-13-22-37)36(44)42(33)24-27-19-20-29(31(23-27)41(4)35(43)28-14-8-7-9-15-28)30-16-10-11-17-32(30)48(45,46)40-34-25(2)26(3)39-47-34/h7-11,14-17,19-20,23,40H,5-6,12-13,18,21-22,24H2,1-4H3. The molecule has 6 rings (SSSR count). The molecule has 2 heterocycles. The smallest absolute Gasteiger partial charge is 0.264 e. The molecule has 1 aliphatic carbocycles. The van der Waals surface area contributed by atoms with Gasteiger partial charge in [0.05, 0.1) is 22.8 Å². The van der Waals surface area contributed by atoms with Crippen molar-refractivity contribution in [3.63, 3.8) is 0 Å². The molecule has 10 nitrogen and oxygen atoms in total. The number of anilines is 2. The third-order valence-corrected chi connectivity index (χ3v) is 10.8. The highest BCUT2D eigenvalue weighted by Gasteiger charge is 2.49. The highest BCUT2D eigenvalue weighted by molar-refractivity contribution is 7.92. The lowest BCUT2D eigenvalue weighted by Gasteiger charge is -2.26. The summed E-state index contributed by atoms with van der Waals surface area (Å²) in [7, 11) is -2.46. The van der Waals surface area contributed by atoms with Crippen LogP contribution in [-0.4, -0.2) is 48.7 Å². The van der Waals surface area contributed by atoms with Crippen molar-refractivity contribution in [3.05, 3.63) is 95.2 Å². The summed E-state index contributed by atoms with van der Waals surface area (Å²) in [6.07, 6.45) is 6.16. The van der Waals surface area contributed by atoms with E-state index < -0.39 is 15.6 Å². The third-order valence-electron chi connectivity index (χ3n) is 9.42. The molecule has 1 aromatic heterocycles. The Hall–Kier alpha value is -4.77. The molecule has 2 aliphatic rings. The molecule has 2 amide bonds. The van der Waals surface area contributed by atoms with Crippen molar-refractivity contribution in [2.75, 3.05) is 16.7 Å². The molecular weight excluding hydrogens is 627 g/mol. The van der Waals surface area contributed by atoms with E-state index in [1.807, 2.05) is 29.2 Å². The molecular formula is C37H41N5O5S. The maximum absolute atomic E-state index is 13.9. The van der Waals surface area contributed by atoms with Gasteiger partial charge in [0.2, 0.25) is 5.88 Å². The third kappa shape index (κ3) is 6.26. The normalized spacial score (nSPS) is 15.6. The molecule has 48 heavy (non-hydrogen) atoms. The molecule has 0 saturated heterocycles. The van der Waals surface area contributed by atoms with E-state index >= 15 is 0 Å². The van der Waals surface area contributed by atoms with Crippen LogP contribution < -0.4 is 9.62 Å². The Bertz CT molecular complexity index is 1980. The van der Waals surface area contributed by atoms with Crippen LogP contribution >= 0.6 is 0 Å². The van der Waals surface area contributed by atoms with Crippen LogP contribution in [-0.2, 0) is 21.4 Å². The highest BCUT2D eigenvalue weighted by Crippen LogP contribution is 2.41. The Labute approximate surface area is 281 Å². The monoisotopic (exact) mass is 667 g/mol. The van der Waals surface area contributed by atoms with Gasteiger partial charge in [0, 0.05) is 35.7 Å². The van der Waals surface area contributed by atoms with Gasteiger partial charge < -0.3 is 9.42 Å². The number of amidine groups is 1. The first kappa shape index (κ1) is 33.1. The first-order valence-electron chi connectivity index (χ1n) is 16.5. The molecule has 3 aromatic carbocycles. The van der Waals surface area contributed by atoms with Crippen LogP contribution in [0.5, 0.6) is 0 Å². The first-order chi connectivity index (χ1) is 23.0. The number of hydrogen-bond acceptors (Lipinski definition) is 7. The lowest BCUT2D eigenvalue weighted by Crippen LogP contribution is -2.40. The van der Waals surface area contributed by atoms with Crippen molar-refractivity contribution in [2.24, 2.45) is 4.99 Å². The zero-order chi connectivity index (χ0) is 34.1. The topological polar surface area (TPSA) is 125 Å². The summed E-state index contributed by atoms with van der Waals surface area (Å²) >= 11 is 0. The van der Waals surface area contributed by atoms with E-state index in [2.05, 4.69) is 16.8 Å². The second-order valence-electron chi connectivity index (χ2n) is 12.7. The fourth-order valence-corrected chi connectivity index (χ4v) is 7.83. The Morgan fingerprint density at radius 2 is 1.71 bits per heavy atom. The molecule has 0 bridgehead atoms. The lowest BCUT2D eigenvalue weighted by atomic mass is 9.97. The van der Waals surface area contributed by atoms with Gasteiger partial charge >= 0.3 is 0 Å². The molecule has 1 spiro atoms. The van der Waals surface area contributed by atoms with Crippen LogP contribution in [0.3, 0.4) is 0 Å². The summed E-state index contributed by atoms with van der Waals surface area (Å²) in [6.45, 7) is 5.89. The molecule has 1 aliphatic heterocycles. The second-order valence-corrected chi connectivity index (χ2v) is 14.3. The number of rotatable bonds is 11. The average Bonchev–Trinajstić information content (AvgIpc) is 3.78. The summed E-state index contributed by atoms with van der Waals surface area (Å²) in [5, 5.41) is 3.88. The van der Waals surface area contributed by atoms with Crippen molar-refractivity contribution >= 4 is 39.2 Å². The Kier molecular flexibility index (Phi) is 9.24. The van der Waals surface area contributed by atoms with Crippen LogP contribution in [0, 0.1) is 13.8 Å². The van der Waals surface area contributed by atoms with Crippen molar-refractivity contribution in [1.29, 1.82) is 0 Å². The highest BCUT2D eigenvalue weighted by atomic mass is 32.2. The van der Waals surface area contributed by atoms with E-state index in [4.69, 9.17) is 9.52 Å². The minimum atomic E-state index is -4.14. The van der Waals surface area contributed by atoms with Crippen LogP contribution in [0.4, 0.5) is 11.6 Å². The number of amides is 2. The molecule has 1 N–H and O–H groups in total. The molecule has 0 radical (unpaired) electrons. The van der Waals surface area contributed by atoms with E-state index in [-0.39, 0.29) is 22.6 Å². The molecule has 0 atom stereocenters. The van der Waals surface area contributed by atoms with Gasteiger partial charge in [-0.15, -0.1) is 0 Å². The summed E-state index contributed by atoms with van der Waals surface area (Å²) in [6, 6.07) is 21.2. The molecule has 11 heteroatoms. The van der Waals surface area contributed by atoms with E-state index in [9.17, 15) is 18.0 Å². The molecule has 1 saturated carbocycles. The average molecular weight is 668 g/mol. The molecule has 0 unspecified atom stereocenters. The zero-order valence-corrected chi connectivity index (χ0v) is 28.6. The van der Waals surface area contributed by atoms with E-state index in [1.54, 1.807) is 63.4 Å². The second kappa shape index (κ2) is 13.4. The number of carbonyl (C=O) groups is 2. The number of unbranched alkanes of at least 4 members (excludes halogenated alkanes) is 1. The predicted octanol–water partition coefficient (Wildman–Crippen LogP) is 7.28. The number of aliphatic imine (C=N–C) groups is 1. The Balaban J connectivity index is 1.42. The minimum absolute atomic E-state index is 0.0138. The van der Waals surface area contributed by atoms with Gasteiger partial charge in [0.25, 0.3) is 21.8 Å². The van der Waals surface area contributed by atoms with Crippen LogP contribution in [0.1, 0.15) is 79.0 Å². The Morgan fingerprint density at radius 3 is 2.40 bits per heavy atom. The zero-order valence-electron chi connectivity index (χ0n) is 27.8. The van der Waals surface area contributed by atoms with Crippen LogP contribution in [0.25, 0.3) is 11.1 Å². The summed E-state index contributed by atoms with van der Waals surface area (Å²) in [4.78, 5) is 36.1. The van der Waals surface area contributed by atoms with Crippen LogP contribution in [0.15, 0.2) is 87.2 Å². The van der Waals surface area contributed by atoms with Gasteiger partial charge in [-0.1, -0.05) is 79.9 Å². The lowest BCUT2D eigenvalue weighted by molar-refractivity contribution is -0.131. The largest absolute Gasteiger partial charge is 0.337 e. The van der Waals surface area contributed by atoms with E-state index in [0.29, 0.717) is 40.2 Å². The molecule has 4 aromatic rings. The van der Waals surface area contributed by atoms with Crippen molar-refractivity contribution in [2.45, 2.75) is 82.7 Å². The summed E-state index contributed by atoms with van der Waals surface area (Å²) < 4.78 is 35.5. The fraction of sp³-hybridized carbons (Fsp3) is 0.351. The van der Waals surface area contributed by atoms with Gasteiger partial charge in [-0.2, -0.15) is 0 Å². The van der Waals surface area contributed by atoms with Gasteiger partial charge in [0.15, 0.2) is 0 Å².